The molecule has 2 heterocycles. The van der Waals surface area contributed by atoms with Gasteiger partial charge < -0.3 is 9.32 Å². The molecule has 1 atom stereocenters. The van der Waals surface area contributed by atoms with Gasteiger partial charge in [0, 0.05) is 30.0 Å². The van der Waals surface area contributed by atoms with Crippen molar-refractivity contribution in [1.29, 1.82) is 0 Å². The van der Waals surface area contributed by atoms with Crippen LogP contribution in [0.1, 0.15) is 44.7 Å². The number of aryl methyl sites for hydroxylation is 2. The molecule has 0 saturated carbocycles. The second-order valence-electron chi connectivity index (χ2n) is 9.05. The van der Waals surface area contributed by atoms with Crippen LogP contribution in [0.2, 0.25) is 0 Å². The zero-order valence-corrected chi connectivity index (χ0v) is 18.2. The lowest BCUT2D eigenvalue weighted by Gasteiger charge is -2.32. The van der Waals surface area contributed by atoms with E-state index in [0.29, 0.717) is 24.1 Å². The van der Waals surface area contributed by atoms with Crippen LogP contribution in [-0.4, -0.2) is 29.7 Å². The standard InChI is InChI=1S/C28H23NO4/c30-26(22-13-12-18-11-10-17-6-3-8-21(22)25(17)18)20-7-4-14-29(16-20)27(31)23-15-19-5-1-2-9-24(19)33-28(23)32/h1-3,5-6,8-9,12-13,15,20H,4,7,10-11,14,16H2/t20-/m1/s1. The number of amides is 1. The number of piperidine rings is 1. The second kappa shape index (κ2) is 7.69. The van der Waals surface area contributed by atoms with Crippen molar-refractivity contribution in [3.8, 4) is 0 Å². The Kier molecular flexibility index (Phi) is 4.64. The fourth-order valence-electron chi connectivity index (χ4n) is 5.44. The van der Waals surface area contributed by atoms with Crippen LogP contribution in [0, 0.1) is 5.92 Å². The molecule has 164 valence electrons. The molecule has 1 aliphatic heterocycles. The second-order valence-corrected chi connectivity index (χ2v) is 9.05. The van der Waals surface area contributed by atoms with Gasteiger partial charge in [0.15, 0.2) is 5.78 Å². The van der Waals surface area contributed by atoms with Gasteiger partial charge in [-0.3, -0.25) is 9.59 Å². The van der Waals surface area contributed by atoms with Crippen molar-refractivity contribution in [2.45, 2.75) is 25.7 Å². The van der Waals surface area contributed by atoms with Crippen LogP contribution in [0.4, 0.5) is 0 Å². The maximum atomic E-state index is 13.6. The molecule has 0 spiro atoms. The normalized spacial score (nSPS) is 17.6. The van der Waals surface area contributed by atoms with Crippen molar-refractivity contribution in [2.24, 2.45) is 5.92 Å². The summed E-state index contributed by atoms with van der Waals surface area (Å²) in [6.45, 7) is 0.839. The van der Waals surface area contributed by atoms with Gasteiger partial charge in [-0.25, -0.2) is 4.79 Å². The Morgan fingerprint density at radius 3 is 2.61 bits per heavy atom. The van der Waals surface area contributed by atoms with E-state index in [1.807, 2.05) is 30.3 Å². The highest BCUT2D eigenvalue weighted by molar-refractivity contribution is 6.11. The van der Waals surface area contributed by atoms with Gasteiger partial charge in [0.25, 0.3) is 5.91 Å². The number of nitrogens with zero attached hydrogens (tertiary/aromatic N) is 1. The first-order valence-corrected chi connectivity index (χ1v) is 11.5. The maximum Gasteiger partial charge on any atom is 0.349 e. The topological polar surface area (TPSA) is 67.6 Å². The zero-order chi connectivity index (χ0) is 22.5. The van der Waals surface area contributed by atoms with Crippen LogP contribution in [-0.2, 0) is 12.8 Å². The van der Waals surface area contributed by atoms with E-state index in [-0.39, 0.29) is 23.2 Å². The number of ketones is 1. The fraction of sp³-hybridized carbons (Fsp3) is 0.250. The molecular weight excluding hydrogens is 414 g/mol. The van der Waals surface area contributed by atoms with Gasteiger partial charge in [-0.15, -0.1) is 0 Å². The Labute approximate surface area is 190 Å². The maximum absolute atomic E-state index is 13.6. The van der Waals surface area contributed by atoms with Gasteiger partial charge >= 0.3 is 5.63 Å². The summed E-state index contributed by atoms with van der Waals surface area (Å²) in [7, 11) is 0. The lowest BCUT2D eigenvalue weighted by molar-refractivity contribution is 0.0634. The number of carbonyl (C=O) groups is 2. The summed E-state index contributed by atoms with van der Waals surface area (Å²) in [6.07, 6.45) is 3.49. The highest BCUT2D eigenvalue weighted by Gasteiger charge is 2.32. The summed E-state index contributed by atoms with van der Waals surface area (Å²) in [5, 5.41) is 2.95. The number of Topliss-reactive ketones (excluding diaryl/α,β-unsaturated/α-hetero) is 1. The summed E-state index contributed by atoms with van der Waals surface area (Å²) in [6, 6.07) is 19.0. The number of rotatable bonds is 3. The quantitative estimate of drug-likeness (QED) is 0.342. The highest BCUT2D eigenvalue weighted by Crippen LogP contribution is 2.34. The Hall–Kier alpha value is -3.73. The number of fused-ring (bicyclic) bond motifs is 1. The van der Waals surface area contributed by atoms with Crippen molar-refractivity contribution < 1.29 is 14.0 Å². The van der Waals surface area contributed by atoms with Crippen LogP contribution in [0.15, 0.2) is 69.9 Å². The minimum absolute atomic E-state index is 0.0205. The third-order valence-electron chi connectivity index (χ3n) is 7.09. The summed E-state index contributed by atoms with van der Waals surface area (Å²) in [5.74, 6) is -0.574. The first-order chi connectivity index (χ1) is 16.1. The van der Waals surface area contributed by atoms with E-state index < -0.39 is 5.63 Å². The number of hydrogen-bond acceptors (Lipinski definition) is 4. The minimum Gasteiger partial charge on any atom is -0.422 e. The summed E-state index contributed by atoms with van der Waals surface area (Å²) < 4.78 is 5.35. The number of hydrogen-bond donors (Lipinski definition) is 0. The molecule has 33 heavy (non-hydrogen) atoms. The van der Waals surface area contributed by atoms with Gasteiger partial charge in [-0.1, -0.05) is 48.5 Å². The van der Waals surface area contributed by atoms with Crippen LogP contribution < -0.4 is 5.63 Å². The molecule has 5 heteroatoms. The Morgan fingerprint density at radius 2 is 1.73 bits per heavy atom. The molecule has 0 radical (unpaired) electrons. The van der Waals surface area contributed by atoms with Crippen molar-refractivity contribution in [3.63, 3.8) is 0 Å². The molecule has 1 saturated heterocycles. The smallest absolute Gasteiger partial charge is 0.349 e. The van der Waals surface area contributed by atoms with E-state index in [0.717, 1.165) is 36.6 Å². The van der Waals surface area contributed by atoms with Crippen molar-refractivity contribution in [1.82, 2.24) is 4.90 Å². The number of para-hydroxylation sites is 1. The van der Waals surface area contributed by atoms with E-state index in [2.05, 4.69) is 12.1 Å². The van der Waals surface area contributed by atoms with Crippen LogP contribution >= 0.6 is 0 Å². The molecule has 0 unspecified atom stereocenters. The first kappa shape index (κ1) is 19.9. The van der Waals surface area contributed by atoms with E-state index in [1.165, 1.54) is 16.5 Å². The first-order valence-electron chi connectivity index (χ1n) is 11.5. The number of likely N-dealkylation sites (tertiary alicyclic amines) is 1. The van der Waals surface area contributed by atoms with Gasteiger partial charge in [-0.2, -0.15) is 0 Å². The number of carbonyl (C=O) groups excluding carboxylic acids is 2. The van der Waals surface area contributed by atoms with E-state index >= 15 is 0 Å². The average Bonchev–Trinajstić information content (AvgIpc) is 3.28. The zero-order valence-electron chi connectivity index (χ0n) is 18.2. The van der Waals surface area contributed by atoms with Gasteiger partial charge in [0.05, 0.1) is 0 Å². The predicted octanol–water partition coefficient (Wildman–Crippen LogP) is 4.78. The molecule has 4 aromatic rings. The Morgan fingerprint density at radius 1 is 0.909 bits per heavy atom. The van der Waals surface area contributed by atoms with Crippen molar-refractivity contribution in [3.05, 3.63) is 93.3 Å². The molecule has 1 aliphatic carbocycles. The summed E-state index contributed by atoms with van der Waals surface area (Å²) >= 11 is 0. The SMILES string of the molecule is O=C(c1ccc2c3c(cccc13)CC2)[C@@H]1CCCN(C(=O)c2cc3ccccc3oc2=O)C1. The monoisotopic (exact) mass is 437 g/mol. The molecular formula is C28H23NO4. The highest BCUT2D eigenvalue weighted by atomic mass is 16.4. The number of benzene rings is 3. The van der Waals surface area contributed by atoms with Gasteiger partial charge in [-0.05, 0) is 59.7 Å². The third-order valence-corrected chi connectivity index (χ3v) is 7.09. The van der Waals surface area contributed by atoms with Gasteiger partial charge in [0.2, 0.25) is 0 Å². The van der Waals surface area contributed by atoms with Gasteiger partial charge in [0.1, 0.15) is 11.1 Å². The molecule has 3 aromatic carbocycles. The molecule has 1 fully saturated rings. The van der Waals surface area contributed by atoms with E-state index in [9.17, 15) is 14.4 Å². The predicted molar refractivity (Wildman–Crippen MR) is 127 cm³/mol. The van der Waals surface area contributed by atoms with Crippen LogP contribution in [0.3, 0.4) is 0 Å². The summed E-state index contributed by atoms with van der Waals surface area (Å²) in [4.78, 5) is 40.9. The fourth-order valence-corrected chi connectivity index (χ4v) is 5.44. The molecule has 2 aliphatic rings. The largest absolute Gasteiger partial charge is 0.422 e. The van der Waals surface area contributed by atoms with Crippen molar-refractivity contribution >= 4 is 33.4 Å². The molecule has 1 amide bonds. The Bertz CT molecular complexity index is 1490. The van der Waals surface area contributed by atoms with E-state index in [4.69, 9.17) is 4.42 Å². The average molecular weight is 437 g/mol. The van der Waals surface area contributed by atoms with E-state index in [1.54, 1.807) is 23.1 Å². The molecule has 0 N–H and O–H groups in total. The molecule has 5 nitrogen and oxygen atoms in total. The minimum atomic E-state index is -0.639. The molecule has 6 rings (SSSR count). The lowest BCUT2D eigenvalue weighted by Crippen LogP contribution is -2.43. The summed E-state index contributed by atoms with van der Waals surface area (Å²) in [5.41, 5.74) is 3.19. The Balaban J connectivity index is 1.30. The van der Waals surface area contributed by atoms with Crippen LogP contribution in [0.25, 0.3) is 21.7 Å². The lowest BCUT2D eigenvalue weighted by atomic mass is 9.87. The van der Waals surface area contributed by atoms with Crippen LogP contribution in [0.5, 0.6) is 0 Å². The van der Waals surface area contributed by atoms with Crippen molar-refractivity contribution in [2.75, 3.05) is 13.1 Å². The molecule has 1 aromatic heterocycles. The third kappa shape index (κ3) is 3.27. The molecule has 0 bridgehead atoms.